The molecule has 20 heavy (non-hydrogen) atoms. The maximum atomic E-state index is 4.77. The van der Waals surface area contributed by atoms with E-state index >= 15 is 0 Å². The van der Waals surface area contributed by atoms with E-state index in [2.05, 4.69) is 53.2 Å². The molecule has 1 aromatic carbocycles. The quantitative estimate of drug-likeness (QED) is 0.848. The Kier molecular flexibility index (Phi) is 3.77. The summed E-state index contributed by atoms with van der Waals surface area (Å²) >= 11 is 0. The molecule has 0 spiro atoms. The molecule has 1 unspecified atom stereocenters. The van der Waals surface area contributed by atoms with Crippen LogP contribution in [-0.2, 0) is 0 Å². The molecule has 102 valence electrons. The molecule has 3 heteroatoms. The first kappa shape index (κ1) is 12.9. The number of rotatable bonds is 4. The Hall–Kier alpha value is -2.16. The summed E-state index contributed by atoms with van der Waals surface area (Å²) < 4.78 is 0. The van der Waals surface area contributed by atoms with Gasteiger partial charge in [0.2, 0.25) is 0 Å². The predicted octanol–water partition coefficient (Wildman–Crippen LogP) is 3.30. The molecular formula is C17H19N3. The monoisotopic (exact) mass is 265 g/mol. The molecule has 0 saturated carbocycles. The second kappa shape index (κ2) is 5.87. The molecule has 1 aliphatic heterocycles. The van der Waals surface area contributed by atoms with Gasteiger partial charge in [-0.05, 0) is 24.1 Å². The van der Waals surface area contributed by atoms with Gasteiger partial charge in [-0.2, -0.15) is 0 Å². The zero-order chi connectivity index (χ0) is 13.8. The van der Waals surface area contributed by atoms with Crippen LogP contribution in [0.25, 0.3) is 0 Å². The number of aromatic nitrogens is 1. The minimum absolute atomic E-state index is 0.353. The molecule has 0 amide bonds. The topological polar surface area (TPSA) is 28.5 Å². The van der Waals surface area contributed by atoms with Crippen molar-refractivity contribution in [3.05, 3.63) is 66.0 Å². The third-order valence-electron chi connectivity index (χ3n) is 3.63. The number of amidine groups is 1. The highest BCUT2D eigenvalue weighted by molar-refractivity contribution is 5.99. The van der Waals surface area contributed by atoms with Crippen molar-refractivity contribution in [2.45, 2.75) is 19.4 Å². The van der Waals surface area contributed by atoms with Gasteiger partial charge in [-0.25, -0.2) is 0 Å². The third-order valence-corrected chi connectivity index (χ3v) is 3.63. The summed E-state index contributed by atoms with van der Waals surface area (Å²) in [4.78, 5) is 11.4. The van der Waals surface area contributed by atoms with Gasteiger partial charge in [-0.3, -0.25) is 9.98 Å². The van der Waals surface area contributed by atoms with Crippen molar-refractivity contribution in [1.29, 1.82) is 0 Å². The van der Waals surface area contributed by atoms with Crippen LogP contribution >= 0.6 is 0 Å². The van der Waals surface area contributed by atoms with Gasteiger partial charge < -0.3 is 4.90 Å². The Labute approximate surface area is 120 Å². The number of pyridine rings is 1. The maximum absolute atomic E-state index is 4.77. The van der Waals surface area contributed by atoms with Crippen molar-refractivity contribution in [2.75, 3.05) is 13.1 Å². The SMILES string of the molecule is CCCN1C(c2cccnc2)=NCC1c1ccccc1. The number of hydrogen-bond donors (Lipinski definition) is 0. The first-order chi connectivity index (χ1) is 9.90. The van der Waals surface area contributed by atoms with Gasteiger partial charge in [0.25, 0.3) is 0 Å². The molecule has 0 saturated heterocycles. The molecular weight excluding hydrogens is 246 g/mol. The standard InChI is InChI=1S/C17H19N3/c1-2-11-20-16(14-7-4-3-5-8-14)13-19-17(20)15-9-6-10-18-12-15/h3-10,12,16H,2,11,13H2,1H3. The van der Waals surface area contributed by atoms with Crippen molar-refractivity contribution >= 4 is 5.84 Å². The van der Waals surface area contributed by atoms with Crippen LogP contribution in [0.4, 0.5) is 0 Å². The van der Waals surface area contributed by atoms with Crippen LogP contribution in [-0.4, -0.2) is 28.8 Å². The first-order valence-corrected chi connectivity index (χ1v) is 7.16. The van der Waals surface area contributed by atoms with Gasteiger partial charge in [0.1, 0.15) is 5.84 Å². The Bertz CT molecular complexity index is 578. The lowest BCUT2D eigenvalue weighted by Crippen LogP contribution is -2.32. The summed E-state index contributed by atoms with van der Waals surface area (Å²) in [6.07, 6.45) is 4.81. The molecule has 2 heterocycles. The third kappa shape index (κ3) is 2.44. The smallest absolute Gasteiger partial charge is 0.133 e. The summed E-state index contributed by atoms with van der Waals surface area (Å²) in [5, 5.41) is 0. The number of aliphatic imine (C=N–C) groups is 1. The lowest BCUT2D eigenvalue weighted by atomic mass is 10.1. The number of nitrogens with zero attached hydrogens (tertiary/aromatic N) is 3. The van der Waals surface area contributed by atoms with E-state index in [1.54, 1.807) is 6.20 Å². The molecule has 2 aromatic rings. The zero-order valence-electron chi connectivity index (χ0n) is 11.7. The van der Waals surface area contributed by atoms with Crippen LogP contribution < -0.4 is 0 Å². The van der Waals surface area contributed by atoms with E-state index < -0.39 is 0 Å². The van der Waals surface area contributed by atoms with E-state index in [1.807, 2.05) is 12.3 Å². The highest BCUT2D eigenvalue weighted by atomic mass is 15.3. The molecule has 0 N–H and O–H groups in total. The van der Waals surface area contributed by atoms with Gasteiger partial charge in [0.05, 0.1) is 12.6 Å². The minimum atomic E-state index is 0.353. The largest absolute Gasteiger partial charge is 0.347 e. The molecule has 3 rings (SSSR count). The van der Waals surface area contributed by atoms with Gasteiger partial charge in [0, 0.05) is 24.5 Å². The highest BCUT2D eigenvalue weighted by Gasteiger charge is 2.28. The molecule has 1 atom stereocenters. The van der Waals surface area contributed by atoms with E-state index in [-0.39, 0.29) is 0 Å². The fourth-order valence-corrected chi connectivity index (χ4v) is 2.73. The molecule has 0 fully saturated rings. The van der Waals surface area contributed by atoms with E-state index in [0.29, 0.717) is 6.04 Å². The van der Waals surface area contributed by atoms with Crippen molar-refractivity contribution in [1.82, 2.24) is 9.88 Å². The lowest BCUT2D eigenvalue weighted by molar-refractivity contribution is 0.350. The van der Waals surface area contributed by atoms with Crippen LogP contribution in [0.5, 0.6) is 0 Å². The van der Waals surface area contributed by atoms with Gasteiger partial charge in [0.15, 0.2) is 0 Å². The van der Waals surface area contributed by atoms with Gasteiger partial charge in [-0.1, -0.05) is 37.3 Å². The van der Waals surface area contributed by atoms with Crippen LogP contribution in [0.3, 0.4) is 0 Å². The summed E-state index contributed by atoms with van der Waals surface area (Å²) in [5.74, 6) is 1.08. The zero-order valence-corrected chi connectivity index (χ0v) is 11.7. The fraction of sp³-hybridized carbons (Fsp3) is 0.294. The van der Waals surface area contributed by atoms with Gasteiger partial charge in [-0.15, -0.1) is 0 Å². The lowest BCUT2D eigenvalue weighted by Gasteiger charge is -2.28. The van der Waals surface area contributed by atoms with Crippen LogP contribution in [0.2, 0.25) is 0 Å². The second-order valence-corrected chi connectivity index (χ2v) is 5.03. The Balaban J connectivity index is 1.90. The molecule has 0 radical (unpaired) electrons. The van der Waals surface area contributed by atoms with E-state index in [9.17, 15) is 0 Å². The fourth-order valence-electron chi connectivity index (χ4n) is 2.73. The second-order valence-electron chi connectivity index (χ2n) is 5.03. The number of benzene rings is 1. The Morgan fingerprint density at radius 3 is 2.70 bits per heavy atom. The first-order valence-electron chi connectivity index (χ1n) is 7.16. The van der Waals surface area contributed by atoms with Crippen LogP contribution in [0, 0.1) is 0 Å². The summed E-state index contributed by atoms with van der Waals surface area (Å²) in [7, 11) is 0. The van der Waals surface area contributed by atoms with E-state index in [4.69, 9.17) is 4.99 Å². The average molecular weight is 265 g/mol. The maximum Gasteiger partial charge on any atom is 0.133 e. The minimum Gasteiger partial charge on any atom is -0.347 e. The van der Waals surface area contributed by atoms with Crippen molar-refractivity contribution < 1.29 is 0 Å². The van der Waals surface area contributed by atoms with Crippen LogP contribution in [0.15, 0.2) is 59.9 Å². The molecule has 1 aliphatic rings. The summed E-state index contributed by atoms with van der Waals surface area (Å²) in [6.45, 7) is 4.06. The molecule has 1 aromatic heterocycles. The molecule has 0 bridgehead atoms. The van der Waals surface area contributed by atoms with E-state index in [1.165, 1.54) is 5.56 Å². The predicted molar refractivity (Wildman–Crippen MR) is 81.8 cm³/mol. The van der Waals surface area contributed by atoms with Crippen molar-refractivity contribution in [2.24, 2.45) is 4.99 Å². The van der Waals surface area contributed by atoms with Crippen molar-refractivity contribution in [3.8, 4) is 0 Å². The van der Waals surface area contributed by atoms with E-state index in [0.717, 1.165) is 30.9 Å². The number of hydrogen-bond acceptors (Lipinski definition) is 3. The van der Waals surface area contributed by atoms with Crippen molar-refractivity contribution in [3.63, 3.8) is 0 Å². The van der Waals surface area contributed by atoms with Crippen LogP contribution in [0.1, 0.15) is 30.5 Å². The normalized spacial score (nSPS) is 18.1. The molecule has 3 nitrogen and oxygen atoms in total. The highest BCUT2D eigenvalue weighted by Crippen LogP contribution is 2.28. The Morgan fingerprint density at radius 1 is 1.15 bits per heavy atom. The summed E-state index contributed by atoms with van der Waals surface area (Å²) in [6, 6.07) is 15.0. The Morgan fingerprint density at radius 2 is 2.00 bits per heavy atom. The molecule has 0 aliphatic carbocycles. The van der Waals surface area contributed by atoms with Gasteiger partial charge >= 0.3 is 0 Å². The summed E-state index contributed by atoms with van der Waals surface area (Å²) in [5.41, 5.74) is 2.45. The average Bonchev–Trinajstić information content (AvgIpc) is 2.93.